The smallest absolute Gasteiger partial charge is 0.270 e. The van der Waals surface area contributed by atoms with Crippen molar-refractivity contribution in [3.05, 3.63) is 24.0 Å². The van der Waals surface area contributed by atoms with E-state index in [4.69, 9.17) is 0 Å². The highest BCUT2D eigenvalue weighted by Crippen LogP contribution is 2.14. The number of carbonyl (C=O) groups is 1. The Balaban J connectivity index is 2.08. The zero-order valence-electron chi connectivity index (χ0n) is 10.6. The Kier molecular flexibility index (Phi) is 3.84. The average molecular weight is 235 g/mol. The Morgan fingerprint density at radius 3 is 2.88 bits per heavy atom. The number of piperidine rings is 1. The molecule has 4 nitrogen and oxygen atoms in total. The summed E-state index contributed by atoms with van der Waals surface area (Å²) in [6, 6.07) is 4.22. The molecule has 1 N–H and O–H groups in total. The summed E-state index contributed by atoms with van der Waals surface area (Å²) in [5.74, 6) is 0.142. The molecule has 0 atom stereocenters. The van der Waals surface area contributed by atoms with E-state index in [0.717, 1.165) is 38.2 Å². The van der Waals surface area contributed by atoms with Gasteiger partial charge in [0.05, 0.1) is 0 Å². The molecular formula is C13H21N3O. The van der Waals surface area contributed by atoms with Crippen LogP contribution < -0.4 is 5.32 Å². The molecule has 0 radical (unpaired) electrons. The maximum Gasteiger partial charge on any atom is 0.270 e. The molecule has 1 aliphatic rings. The first-order valence-corrected chi connectivity index (χ1v) is 6.37. The predicted molar refractivity (Wildman–Crippen MR) is 68.1 cm³/mol. The standard InChI is InChI=1S/C13H21N3O/c1-3-16-10-4-5-12(16)13(17)15(2)11-6-8-14-9-7-11/h4-5,10-11,14H,3,6-9H2,1-2H3. The summed E-state index contributed by atoms with van der Waals surface area (Å²) >= 11 is 0. The Morgan fingerprint density at radius 2 is 2.24 bits per heavy atom. The minimum Gasteiger partial charge on any atom is -0.344 e. The third-order valence-corrected chi connectivity index (χ3v) is 3.57. The van der Waals surface area contributed by atoms with E-state index in [1.807, 2.05) is 34.8 Å². The van der Waals surface area contributed by atoms with Crippen molar-refractivity contribution in [3.8, 4) is 0 Å². The summed E-state index contributed by atoms with van der Waals surface area (Å²) in [7, 11) is 1.92. The normalized spacial score (nSPS) is 17.1. The number of amides is 1. The molecule has 0 aliphatic carbocycles. The van der Waals surface area contributed by atoms with E-state index in [9.17, 15) is 4.79 Å². The van der Waals surface area contributed by atoms with Crippen LogP contribution in [0.5, 0.6) is 0 Å². The average Bonchev–Trinajstić information content (AvgIpc) is 2.86. The van der Waals surface area contributed by atoms with Crippen LogP contribution in [0.1, 0.15) is 30.3 Å². The van der Waals surface area contributed by atoms with Crippen molar-refractivity contribution in [1.82, 2.24) is 14.8 Å². The lowest BCUT2D eigenvalue weighted by Gasteiger charge is -2.31. The zero-order chi connectivity index (χ0) is 12.3. The van der Waals surface area contributed by atoms with Crippen LogP contribution in [0.3, 0.4) is 0 Å². The van der Waals surface area contributed by atoms with Gasteiger partial charge in [0.1, 0.15) is 5.69 Å². The first-order chi connectivity index (χ1) is 8.24. The second-order valence-electron chi connectivity index (χ2n) is 4.58. The van der Waals surface area contributed by atoms with E-state index in [0.29, 0.717) is 6.04 Å². The summed E-state index contributed by atoms with van der Waals surface area (Å²) in [5, 5.41) is 3.32. The molecule has 4 heteroatoms. The van der Waals surface area contributed by atoms with Gasteiger partial charge in [-0.1, -0.05) is 0 Å². The quantitative estimate of drug-likeness (QED) is 0.858. The molecule has 0 spiro atoms. The maximum absolute atomic E-state index is 12.4. The highest BCUT2D eigenvalue weighted by molar-refractivity contribution is 5.92. The van der Waals surface area contributed by atoms with Gasteiger partial charge in [0.15, 0.2) is 0 Å². The number of hydrogen-bond donors (Lipinski definition) is 1. The van der Waals surface area contributed by atoms with Crippen LogP contribution in [0.15, 0.2) is 18.3 Å². The lowest BCUT2D eigenvalue weighted by Crippen LogP contribution is -2.44. The van der Waals surface area contributed by atoms with Crippen LogP contribution in [0.2, 0.25) is 0 Å². The van der Waals surface area contributed by atoms with Gasteiger partial charge in [-0.3, -0.25) is 4.79 Å². The molecule has 0 bridgehead atoms. The molecule has 1 saturated heterocycles. The lowest BCUT2D eigenvalue weighted by molar-refractivity contribution is 0.0692. The summed E-state index contributed by atoms with van der Waals surface area (Å²) in [5.41, 5.74) is 0.800. The van der Waals surface area contributed by atoms with Gasteiger partial charge in [-0.25, -0.2) is 0 Å². The van der Waals surface area contributed by atoms with E-state index in [2.05, 4.69) is 12.2 Å². The van der Waals surface area contributed by atoms with Crippen LogP contribution in [0, 0.1) is 0 Å². The van der Waals surface area contributed by atoms with Crippen LogP contribution in [-0.2, 0) is 6.54 Å². The number of nitrogens with one attached hydrogen (secondary N) is 1. The molecule has 2 rings (SSSR count). The molecule has 94 valence electrons. The Bertz CT molecular complexity index is 380. The second kappa shape index (κ2) is 5.36. The molecular weight excluding hydrogens is 214 g/mol. The van der Waals surface area contributed by atoms with E-state index >= 15 is 0 Å². The third-order valence-electron chi connectivity index (χ3n) is 3.57. The Morgan fingerprint density at radius 1 is 1.53 bits per heavy atom. The summed E-state index contributed by atoms with van der Waals surface area (Å²) < 4.78 is 2.00. The number of nitrogens with zero attached hydrogens (tertiary/aromatic N) is 2. The van der Waals surface area contributed by atoms with E-state index in [1.165, 1.54) is 0 Å². The fraction of sp³-hybridized carbons (Fsp3) is 0.615. The molecule has 1 fully saturated rings. The molecule has 0 aromatic carbocycles. The van der Waals surface area contributed by atoms with Crippen molar-refractivity contribution in [2.45, 2.75) is 32.4 Å². The largest absolute Gasteiger partial charge is 0.344 e. The highest BCUT2D eigenvalue weighted by Gasteiger charge is 2.24. The van der Waals surface area contributed by atoms with E-state index < -0.39 is 0 Å². The van der Waals surface area contributed by atoms with Crippen LogP contribution in [0.25, 0.3) is 0 Å². The first-order valence-electron chi connectivity index (χ1n) is 6.37. The molecule has 0 unspecified atom stereocenters. The monoisotopic (exact) mass is 235 g/mol. The van der Waals surface area contributed by atoms with Crippen LogP contribution in [-0.4, -0.2) is 41.6 Å². The van der Waals surface area contributed by atoms with Crippen LogP contribution >= 0.6 is 0 Å². The zero-order valence-corrected chi connectivity index (χ0v) is 10.6. The summed E-state index contributed by atoms with van der Waals surface area (Å²) in [6.07, 6.45) is 4.06. The van der Waals surface area contributed by atoms with Crippen molar-refractivity contribution in [2.75, 3.05) is 20.1 Å². The van der Waals surface area contributed by atoms with E-state index in [1.54, 1.807) is 0 Å². The van der Waals surface area contributed by atoms with Crippen LogP contribution in [0.4, 0.5) is 0 Å². The van der Waals surface area contributed by atoms with Gasteiger partial charge in [0.2, 0.25) is 0 Å². The molecule has 17 heavy (non-hydrogen) atoms. The molecule has 1 aromatic rings. The first kappa shape index (κ1) is 12.2. The summed E-state index contributed by atoms with van der Waals surface area (Å²) in [4.78, 5) is 14.3. The third kappa shape index (κ3) is 2.52. The minimum absolute atomic E-state index is 0.142. The number of hydrogen-bond acceptors (Lipinski definition) is 2. The van der Waals surface area contributed by atoms with Crippen molar-refractivity contribution >= 4 is 5.91 Å². The topological polar surface area (TPSA) is 37.3 Å². The molecule has 2 heterocycles. The lowest BCUT2D eigenvalue weighted by atomic mass is 10.1. The van der Waals surface area contributed by atoms with Gasteiger partial charge in [0, 0.05) is 25.8 Å². The molecule has 0 saturated carbocycles. The molecule has 1 aliphatic heterocycles. The molecule has 1 aromatic heterocycles. The van der Waals surface area contributed by atoms with Gasteiger partial charge in [-0.15, -0.1) is 0 Å². The number of aryl methyl sites for hydroxylation is 1. The maximum atomic E-state index is 12.4. The van der Waals surface area contributed by atoms with Crippen molar-refractivity contribution in [3.63, 3.8) is 0 Å². The highest BCUT2D eigenvalue weighted by atomic mass is 16.2. The fourth-order valence-electron chi connectivity index (χ4n) is 2.42. The van der Waals surface area contributed by atoms with Gasteiger partial charge in [-0.2, -0.15) is 0 Å². The predicted octanol–water partition coefficient (Wildman–Crippen LogP) is 1.33. The fourth-order valence-corrected chi connectivity index (χ4v) is 2.42. The number of aromatic nitrogens is 1. The van der Waals surface area contributed by atoms with Crippen molar-refractivity contribution in [2.24, 2.45) is 0 Å². The van der Waals surface area contributed by atoms with Gasteiger partial charge >= 0.3 is 0 Å². The van der Waals surface area contributed by atoms with Gasteiger partial charge in [0.25, 0.3) is 5.91 Å². The SMILES string of the molecule is CCn1cccc1C(=O)N(C)C1CCNCC1. The minimum atomic E-state index is 0.142. The van der Waals surface area contributed by atoms with Crippen molar-refractivity contribution < 1.29 is 4.79 Å². The Hall–Kier alpha value is -1.29. The number of carbonyl (C=O) groups excluding carboxylic acids is 1. The molecule has 1 amide bonds. The Labute approximate surface area is 103 Å². The summed E-state index contributed by atoms with van der Waals surface area (Å²) in [6.45, 7) is 4.92. The van der Waals surface area contributed by atoms with Gasteiger partial charge in [-0.05, 0) is 45.0 Å². The van der Waals surface area contributed by atoms with Crippen molar-refractivity contribution in [1.29, 1.82) is 0 Å². The van der Waals surface area contributed by atoms with Gasteiger partial charge < -0.3 is 14.8 Å². The van der Waals surface area contributed by atoms with E-state index in [-0.39, 0.29) is 5.91 Å². The number of rotatable bonds is 3. The second-order valence-corrected chi connectivity index (χ2v) is 4.58.